The van der Waals surface area contributed by atoms with E-state index in [-0.39, 0.29) is 0 Å². The largest absolute Gasteiger partial charge is 0.268 e. The average molecular weight is 297 g/mol. The summed E-state index contributed by atoms with van der Waals surface area (Å²) in [6, 6.07) is 6.04. The van der Waals surface area contributed by atoms with E-state index in [4.69, 9.17) is 0 Å². The lowest BCUT2D eigenvalue weighted by Crippen LogP contribution is -2.23. The van der Waals surface area contributed by atoms with Crippen molar-refractivity contribution < 1.29 is 0 Å². The normalized spacial score (nSPS) is 14.1. The zero-order valence-corrected chi connectivity index (χ0v) is 11.2. The molecule has 0 saturated carbocycles. The molecule has 16 heavy (non-hydrogen) atoms. The minimum atomic E-state index is 0.920. The second-order valence-corrected chi connectivity index (χ2v) is 5.40. The Morgan fingerprint density at radius 2 is 2.19 bits per heavy atom. The maximum Gasteiger partial charge on any atom is 0.186 e. The third-order valence-electron chi connectivity index (χ3n) is 2.40. The summed E-state index contributed by atoms with van der Waals surface area (Å²) in [6.07, 6.45) is 0. The van der Waals surface area contributed by atoms with E-state index in [1.165, 1.54) is 11.1 Å². The Bertz CT molecular complexity index is 652. The molecule has 0 aliphatic carbocycles. The molecular weight excluding hydrogens is 288 g/mol. The van der Waals surface area contributed by atoms with Gasteiger partial charge in [0, 0.05) is 15.6 Å². The van der Waals surface area contributed by atoms with Crippen LogP contribution in [0.2, 0.25) is 0 Å². The Balaban J connectivity index is 2.28. The number of imidazole rings is 1. The maximum atomic E-state index is 4.60. The minimum absolute atomic E-state index is 0.920. The van der Waals surface area contributed by atoms with Crippen LogP contribution in [-0.2, 0) is 11.1 Å². The molecule has 0 fully saturated rings. The molecule has 82 valence electrons. The van der Waals surface area contributed by atoms with E-state index in [9.17, 15) is 0 Å². The molecule has 0 spiro atoms. The number of aromatic nitrogens is 2. The molecule has 1 aliphatic rings. The van der Waals surface area contributed by atoms with E-state index in [0.29, 0.717) is 0 Å². The molecule has 0 unspecified atom stereocenters. The molecule has 2 heterocycles. The number of hydrogen-bond donors (Lipinski definition) is 0. The SMILES string of the molecule is CN(C)C1=S=Nn2c1nc1cc(Br)ccc12. The highest BCUT2D eigenvalue weighted by Crippen LogP contribution is 2.22. The number of halogens is 1. The Labute approximate surface area is 105 Å². The summed E-state index contributed by atoms with van der Waals surface area (Å²) < 4.78 is 7.33. The molecule has 1 aromatic heterocycles. The number of fused-ring (bicyclic) bond motifs is 3. The van der Waals surface area contributed by atoms with Crippen molar-refractivity contribution in [2.45, 2.75) is 0 Å². The van der Waals surface area contributed by atoms with E-state index in [2.05, 4.69) is 25.4 Å². The topological polar surface area (TPSA) is 33.4 Å². The fourth-order valence-corrected chi connectivity index (χ4v) is 2.71. The van der Waals surface area contributed by atoms with Gasteiger partial charge in [-0.15, -0.1) is 4.47 Å². The quantitative estimate of drug-likeness (QED) is 0.696. The van der Waals surface area contributed by atoms with Gasteiger partial charge in [0.1, 0.15) is 4.99 Å². The van der Waals surface area contributed by atoms with Gasteiger partial charge in [-0.3, -0.25) is 4.90 Å². The molecule has 0 amide bonds. The van der Waals surface area contributed by atoms with Crippen LogP contribution in [0.4, 0.5) is 0 Å². The Morgan fingerprint density at radius 1 is 1.38 bits per heavy atom. The lowest BCUT2D eigenvalue weighted by Gasteiger charge is -2.06. The number of hydrogen-bond acceptors (Lipinski definition) is 3. The third kappa shape index (κ3) is 1.37. The molecule has 0 bridgehead atoms. The standard InChI is InChI=1S/C10H9BrN4S/c1-14(2)10-9-12-7-5-6(11)3-4-8(7)15(9)13-16-10/h3-5H,1-2H3. The summed E-state index contributed by atoms with van der Waals surface area (Å²) in [5.41, 5.74) is 2.01. The first kappa shape index (κ1) is 10.2. The van der Waals surface area contributed by atoms with Crippen LogP contribution >= 0.6 is 15.9 Å². The minimum Gasteiger partial charge on any atom is -0.268 e. The van der Waals surface area contributed by atoms with Gasteiger partial charge in [0.2, 0.25) is 0 Å². The summed E-state index contributed by atoms with van der Waals surface area (Å²) in [6.45, 7) is 0. The highest BCUT2D eigenvalue weighted by atomic mass is 79.9. The van der Waals surface area contributed by atoms with Gasteiger partial charge in [0.05, 0.1) is 11.0 Å². The van der Waals surface area contributed by atoms with Crippen molar-refractivity contribution in [2.75, 3.05) is 14.1 Å². The van der Waals surface area contributed by atoms with Crippen LogP contribution in [0, 0.1) is 0 Å². The van der Waals surface area contributed by atoms with Crippen LogP contribution in [0.5, 0.6) is 0 Å². The lowest BCUT2D eigenvalue weighted by atomic mass is 10.3. The van der Waals surface area contributed by atoms with Crippen molar-refractivity contribution in [3.63, 3.8) is 0 Å². The molecule has 3 rings (SSSR count). The number of benzene rings is 1. The van der Waals surface area contributed by atoms with E-state index in [1.54, 1.807) is 0 Å². The lowest BCUT2D eigenvalue weighted by molar-refractivity contribution is 0.630. The predicted octanol–water partition coefficient (Wildman–Crippen LogP) is 1.88. The zero-order valence-electron chi connectivity index (χ0n) is 8.81. The van der Waals surface area contributed by atoms with Gasteiger partial charge < -0.3 is 0 Å². The van der Waals surface area contributed by atoms with E-state index in [0.717, 1.165) is 26.3 Å². The Hall–Kier alpha value is -0.980. The third-order valence-corrected chi connectivity index (χ3v) is 3.86. The van der Waals surface area contributed by atoms with Gasteiger partial charge in [-0.25, -0.2) is 4.98 Å². The molecule has 0 radical (unpaired) electrons. The van der Waals surface area contributed by atoms with E-state index < -0.39 is 0 Å². The van der Waals surface area contributed by atoms with Crippen molar-refractivity contribution >= 4 is 43.1 Å². The van der Waals surface area contributed by atoms with Crippen molar-refractivity contribution in [3.05, 3.63) is 28.5 Å². The fourth-order valence-electron chi connectivity index (χ4n) is 1.66. The van der Waals surface area contributed by atoms with Crippen LogP contribution < -0.4 is 0 Å². The first-order valence-electron chi connectivity index (χ1n) is 4.78. The van der Waals surface area contributed by atoms with Crippen LogP contribution in [0.25, 0.3) is 11.0 Å². The maximum absolute atomic E-state index is 4.60. The molecule has 4 nitrogen and oxygen atoms in total. The van der Waals surface area contributed by atoms with Crippen molar-refractivity contribution in [2.24, 2.45) is 4.47 Å². The van der Waals surface area contributed by atoms with Crippen LogP contribution in [0.15, 0.2) is 27.1 Å². The van der Waals surface area contributed by atoms with E-state index in [1.807, 2.05) is 41.9 Å². The Kier molecular flexibility index (Phi) is 2.24. The second kappa shape index (κ2) is 3.51. The van der Waals surface area contributed by atoms with Crippen LogP contribution in [0.1, 0.15) is 5.82 Å². The molecular formula is C10H9BrN4S. The van der Waals surface area contributed by atoms with E-state index >= 15 is 0 Å². The van der Waals surface area contributed by atoms with Gasteiger partial charge in [-0.1, -0.05) is 15.9 Å². The molecule has 0 saturated heterocycles. The van der Waals surface area contributed by atoms with Crippen LogP contribution in [0.3, 0.4) is 0 Å². The first-order valence-corrected chi connectivity index (χ1v) is 6.34. The summed E-state index contributed by atoms with van der Waals surface area (Å²) in [5.74, 6) is 0.920. The molecule has 2 aromatic rings. The van der Waals surface area contributed by atoms with Gasteiger partial charge in [0.25, 0.3) is 0 Å². The average Bonchev–Trinajstić information content (AvgIpc) is 2.74. The highest BCUT2D eigenvalue weighted by Gasteiger charge is 2.20. The van der Waals surface area contributed by atoms with Crippen molar-refractivity contribution in [3.8, 4) is 0 Å². The molecule has 0 N–H and O–H groups in total. The monoisotopic (exact) mass is 296 g/mol. The van der Waals surface area contributed by atoms with Crippen LogP contribution in [-0.4, -0.2) is 33.6 Å². The van der Waals surface area contributed by atoms with Crippen molar-refractivity contribution in [1.82, 2.24) is 14.6 Å². The molecule has 1 aromatic carbocycles. The smallest absolute Gasteiger partial charge is 0.186 e. The summed E-state index contributed by atoms with van der Waals surface area (Å²) in [4.78, 5) is 7.71. The first-order chi connectivity index (χ1) is 7.66. The fraction of sp³-hybridized carbons (Fsp3) is 0.200. The molecule has 1 aliphatic heterocycles. The second-order valence-electron chi connectivity index (χ2n) is 3.75. The predicted molar refractivity (Wildman–Crippen MR) is 70.4 cm³/mol. The summed E-state index contributed by atoms with van der Waals surface area (Å²) in [7, 11) is 4.01. The van der Waals surface area contributed by atoms with Gasteiger partial charge in [-0.2, -0.15) is 4.68 Å². The molecule has 0 atom stereocenters. The van der Waals surface area contributed by atoms with Gasteiger partial charge >= 0.3 is 0 Å². The zero-order chi connectivity index (χ0) is 11.3. The van der Waals surface area contributed by atoms with Crippen molar-refractivity contribution in [1.29, 1.82) is 0 Å². The number of nitrogens with zero attached hydrogens (tertiary/aromatic N) is 4. The number of rotatable bonds is 0. The summed E-state index contributed by atoms with van der Waals surface area (Å²) in [5, 5.41) is 0. The molecule has 6 heteroatoms. The summed E-state index contributed by atoms with van der Waals surface area (Å²) >= 11 is 4.91. The van der Waals surface area contributed by atoms with Gasteiger partial charge in [-0.05, 0) is 32.3 Å². The van der Waals surface area contributed by atoms with Gasteiger partial charge in [0.15, 0.2) is 5.82 Å². The Morgan fingerprint density at radius 3 is 2.94 bits per heavy atom. The highest BCUT2D eigenvalue weighted by molar-refractivity contribution is 9.10.